The third-order valence-corrected chi connectivity index (χ3v) is 3.40. The predicted molar refractivity (Wildman–Crippen MR) is 62.7 cm³/mol. The van der Waals surface area contributed by atoms with Crippen LogP contribution < -0.4 is 4.74 Å². The number of methoxy groups -OCH3 is 1. The Morgan fingerprint density at radius 3 is 2.56 bits per heavy atom. The summed E-state index contributed by atoms with van der Waals surface area (Å²) in [5.41, 5.74) is 1.30. The first-order valence-electron chi connectivity index (χ1n) is 4.62. The molecule has 90 valence electrons. The Bertz CT molecular complexity index is 482. The molecule has 1 N–H and O–H groups in total. The fraction of sp³-hybridized carbons (Fsp3) is 0.400. The summed E-state index contributed by atoms with van der Waals surface area (Å²) >= 11 is 0. The maximum absolute atomic E-state index is 10.8. The molecule has 0 heterocycles. The van der Waals surface area contributed by atoms with Crippen molar-refractivity contribution < 1.29 is 18.3 Å². The molecule has 1 rings (SSSR count). The Morgan fingerprint density at radius 1 is 1.44 bits per heavy atom. The lowest BCUT2D eigenvalue weighted by Gasteiger charge is -2.09. The largest absolute Gasteiger partial charge is 0.508 e. The number of phenols is 1. The molecule has 1 aromatic rings. The van der Waals surface area contributed by atoms with Crippen LogP contribution in [0.3, 0.4) is 0 Å². The van der Waals surface area contributed by atoms with Crippen LogP contribution in [0.25, 0.3) is 0 Å². The summed E-state index contributed by atoms with van der Waals surface area (Å²) in [6.07, 6.45) is 0.246. The lowest BCUT2D eigenvalue weighted by Crippen LogP contribution is -2.01. The van der Waals surface area contributed by atoms with Gasteiger partial charge < -0.3 is 9.84 Å². The molecule has 0 aliphatic carbocycles. The predicted octanol–water partition coefficient (Wildman–Crippen LogP) is 1.82. The molecule has 16 heavy (non-hydrogen) atoms. The molecule has 0 radical (unpaired) electrons. The lowest BCUT2D eigenvalue weighted by molar-refractivity contribution is 0.402. The van der Waals surface area contributed by atoms with Gasteiger partial charge in [0.25, 0.3) is 0 Å². The molecule has 0 aliphatic rings. The van der Waals surface area contributed by atoms with E-state index in [1.807, 2.05) is 0 Å². The van der Waals surface area contributed by atoms with Crippen LogP contribution in [-0.2, 0) is 15.5 Å². The van der Waals surface area contributed by atoms with Crippen LogP contribution in [-0.4, -0.2) is 26.4 Å². The first-order chi connectivity index (χ1) is 7.33. The van der Waals surface area contributed by atoms with Crippen molar-refractivity contribution in [2.75, 3.05) is 12.9 Å². The maximum atomic E-state index is 10.8. The van der Waals surface area contributed by atoms with Gasteiger partial charge in [-0.2, -0.15) is 0 Å². The summed E-state index contributed by atoms with van der Waals surface area (Å²) in [6, 6.07) is 3.21. The number of halogens is 1. The highest BCUT2D eigenvalue weighted by Gasteiger charge is 2.10. The van der Waals surface area contributed by atoms with E-state index in [1.54, 1.807) is 13.0 Å². The summed E-state index contributed by atoms with van der Waals surface area (Å²) in [5, 5.41) is 9.58. The normalized spacial score (nSPS) is 11.4. The number of hydrogen-bond acceptors (Lipinski definition) is 4. The number of benzene rings is 1. The number of rotatable bonds is 4. The van der Waals surface area contributed by atoms with Crippen LogP contribution in [0.2, 0.25) is 0 Å². The van der Waals surface area contributed by atoms with E-state index in [4.69, 9.17) is 15.4 Å². The van der Waals surface area contributed by atoms with Gasteiger partial charge >= 0.3 is 0 Å². The molecule has 0 saturated carbocycles. The molecule has 4 nitrogen and oxygen atoms in total. The SMILES string of the molecule is COc1cc(CCS(=O)(=O)Cl)cc(O)c1C. The van der Waals surface area contributed by atoms with Gasteiger partial charge in [-0.25, -0.2) is 8.42 Å². The van der Waals surface area contributed by atoms with Gasteiger partial charge in [0, 0.05) is 16.2 Å². The van der Waals surface area contributed by atoms with Crippen molar-refractivity contribution in [3.8, 4) is 11.5 Å². The molecule has 1 aromatic carbocycles. The monoisotopic (exact) mass is 264 g/mol. The molecule has 0 aromatic heterocycles. The average Bonchev–Trinajstić information content (AvgIpc) is 2.18. The zero-order valence-corrected chi connectivity index (χ0v) is 10.6. The van der Waals surface area contributed by atoms with Crippen LogP contribution in [0.5, 0.6) is 11.5 Å². The van der Waals surface area contributed by atoms with Crippen molar-refractivity contribution in [1.29, 1.82) is 0 Å². The highest BCUT2D eigenvalue weighted by atomic mass is 35.7. The first-order valence-corrected chi connectivity index (χ1v) is 7.10. The number of phenolic OH excluding ortho intramolecular Hbond substituents is 1. The van der Waals surface area contributed by atoms with Crippen molar-refractivity contribution in [1.82, 2.24) is 0 Å². The van der Waals surface area contributed by atoms with Gasteiger partial charge in [0.05, 0.1) is 12.9 Å². The van der Waals surface area contributed by atoms with Crippen molar-refractivity contribution in [3.05, 3.63) is 23.3 Å². The van der Waals surface area contributed by atoms with Crippen molar-refractivity contribution in [2.24, 2.45) is 0 Å². The molecule has 0 atom stereocenters. The molecule has 0 saturated heterocycles. The zero-order valence-electron chi connectivity index (χ0n) is 9.03. The standard InChI is InChI=1S/C10H13ClO4S/c1-7-9(12)5-8(6-10(7)15-2)3-4-16(11,13)14/h5-6,12H,3-4H2,1-2H3. The topological polar surface area (TPSA) is 63.6 Å². The summed E-state index contributed by atoms with van der Waals surface area (Å²) in [4.78, 5) is 0. The van der Waals surface area contributed by atoms with E-state index in [2.05, 4.69) is 0 Å². The van der Waals surface area contributed by atoms with Gasteiger partial charge in [0.1, 0.15) is 11.5 Å². The average molecular weight is 265 g/mol. The second-order valence-corrected chi connectivity index (χ2v) is 6.33. The van der Waals surface area contributed by atoms with Gasteiger partial charge in [-0.05, 0) is 31.0 Å². The number of hydrogen-bond donors (Lipinski definition) is 1. The van der Waals surface area contributed by atoms with Gasteiger partial charge in [0.15, 0.2) is 0 Å². The fourth-order valence-electron chi connectivity index (χ4n) is 1.32. The maximum Gasteiger partial charge on any atom is 0.232 e. The number of aryl methyl sites for hydroxylation is 1. The molecule has 0 spiro atoms. The Morgan fingerprint density at radius 2 is 2.06 bits per heavy atom. The Hall–Kier alpha value is -0.940. The first kappa shape index (κ1) is 13.1. The second-order valence-electron chi connectivity index (χ2n) is 3.44. The van der Waals surface area contributed by atoms with E-state index in [0.717, 1.165) is 0 Å². The Kier molecular flexibility index (Phi) is 4.04. The summed E-state index contributed by atoms with van der Waals surface area (Å²) in [7, 11) is 3.08. The molecule has 0 fully saturated rings. The molecule has 6 heteroatoms. The highest BCUT2D eigenvalue weighted by Crippen LogP contribution is 2.28. The molecule has 0 unspecified atom stereocenters. The number of ether oxygens (including phenoxy) is 1. The van der Waals surface area contributed by atoms with Gasteiger partial charge in [-0.15, -0.1) is 0 Å². The summed E-state index contributed by atoms with van der Waals surface area (Å²) < 4.78 is 26.6. The summed E-state index contributed by atoms with van der Waals surface area (Å²) in [6.45, 7) is 1.72. The Labute approximate surface area is 99.2 Å². The molecule has 0 aliphatic heterocycles. The van der Waals surface area contributed by atoms with Crippen molar-refractivity contribution in [3.63, 3.8) is 0 Å². The van der Waals surface area contributed by atoms with E-state index >= 15 is 0 Å². The van der Waals surface area contributed by atoms with Crippen LogP contribution in [0.1, 0.15) is 11.1 Å². The third-order valence-electron chi connectivity index (χ3n) is 2.25. The molecular formula is C10H13ClO4S. The van der Waals surface area contributed by atoms with Crippen LogP contribution in [0.15, 0.2) is 12.1 Å². The van der Waals surface area contributed by atoms with Crippen LogP contribution >= 0.6 is 10.7 Å². The van der Waals surface area contributed by atoms with Gasteiger partial charge in [-0.1, -0.05) is 0 Å². The smallest absolute Gasteiger partial charge is 0.232 e. The van der Waals surface area contributed by atoms with E-state index < -0.39 is 9.05 Å². The second kappa shape index (κ2) is 4.93. The minimum Gasteiger partial charge on any atom is -0.508 e. The van der Waals surface area contributed by atoms with Crippen molar-refractivity contribution >= 4 is 19.7 Å². The van der Waals surface area contributed by atoms with Gasteiger partial charge in [-0.3, -0.25) is 0 Å². The van der Waals surface area contributed by atoms with E-state index in [0.29, 0.717) is 16.9 Å². The quantitative estimate of drug-likeness (QED) is 0.843. The fourth-order valence-corrected chi connectivity index (χ4v) is 2.04. The van der Waals surface area contributed by atoms with E-state index in [-0.39, 0.29) is 17.9 Å². The van der Waals surface area contributed by atoms with Crippen molar-refractivity contribution in [2.45, 2.75) is 13.3 Å². The van der Waals surface area contributed by atoms with Crippen LogP contribution in [0.4, 0.5) is 0 Å². The summed E-state index contributed by atoms with van der Waals surface area (Å²) in [5.74, 6) is 0.448. The zero-order chi connectivity index (χ0) is 12.3. The Balaban J connectivity index is 2.94. The molecule has 0 bridgehead atoms. The van der Waals surface area contributed by atoms with E-state index in [9.17, 15) is 13.5 Å². The van der Waals surface area contributed by atoms with Crippen LogP contribution in [0, 0.1) is 6.92 Å². The third kappa shape index (κ3) is 3.57. The van der Waals surface area contributed by atoms with Gasteiger partial charge in [0.2, 0.25) is 9.05 Å². The lowest BCUT2D eigenvalue weighted by atomic mass is 10.1. The minimum absolute atomic E-state index is 0.0846. The van der Waals surface area contributed by atoms with E-state index in [1.165, 1.54) is 13.2 Å². The minimum atomic E-state index is -3.52. The highest BCUT2D eigenvalue weighted by molar-refractivity contribution is 8.13. The molecule has 0 amide bonds. The number of aromatic hydroxyl groups is 1. The molecular weight excluding hydrogens is 252 g/mol.